The van der Waals surface area contributed by atoms with Crippen LogP contribution in [0.5, 0.6) is 0 Å². The lowest BCUT2D eigenvalue weighted by atomic mass is 9.95. The number of nitrogens with zero attached hydrogens (tertiary/aromatic N) is 5. The van der Waals surface area contributed by atoms with Crippen molar-refractivity contribution in [3.05, 3.63) is 53.1 Å². The van der Waals surface area contributed by atoms with Crippen LogP contribution in [0.3, 0.4) is 0 Å². The van der Waals surface area contributed by atoms with Gasteiger partial charge in [-0.25, -0.2) is 14.5 Å². The molecule has 1 unspecified atom stereocenters. The van der Waals surface area contributed by atoms with Gasteiger partial charge in [0.1, 0.15) is 24.7 Å². The fraction of sp³-hybridized carbons (Fsp3) is 0.381. The Morgan fingerprint density at radius 1 is 1.22 bits per heavy atom. The first-order chi connectivity index (χ1) is 15.0. The molecule has 2 aromatic rings. The zero-order valence-electron chi connectivity index (χ0n) is 18.7. The predicted octanol–water partition coefficient (Wildman–Crippen LogP) is 1.86. The molecule has 170 valence electrons. The summed E-state index contributed by atoms with van der Waals surface area (Å²) in [5.74, 6) is -0.892. The van der Waals surface area contributed by atoms with Crippen LogP contribution < -0.4 is 5.32 Å². The van der Waals surface area contributed by atoms with Gasteiger partial charge < -0.3 is 9.87 Å². The van der Waals surface area contributed by atoms with Gasteiger partial charge >= 0.3 is 6.03 Å². The fourth-order valence-corrected chi connectivity index (χ4v) is 3.96. The quantitative estimate of drug-likeness (QED) is 0.503. The summed E-state index contributed by atoms with van der Waals surface area (Å²) in [4.78, 5) is 31.6. The largest absolute Gasteiger partial charge is 0.610 e. The molecular weight excluding hydrogens is 430 g/mol. The van der Waals surface area contributed by atoms with Gasteiger partial charge in [-0.2, -0.15) is 5.10 Å². The van der Waals surface area contributed by atoms with Gasteiger partial charge in [-0.1, -0.05) is 32.9 Å². The van der Waals surface area contributed by atoms with E-state index in [1.807, 2.05) is 45.0 Å². The SMILES string of the molecule is CN1C(=O)/C(=C(/NCc2ccc(-n3cncn3)cc2)[S+](C)[O-])C(=N)N(CC(C)(C)C)C1=O. The van der Waals surface area contributed by atoms with Gasteiger partial charge in [-0.3, -0.25) is 20.0 Å². The molecule has 1 aliphatic rings. The standard InChI is InChI=1S/C21H27N7O3S/c1-21(2,3)11-27-17(22)16(19(29)26(4)20(27)30)18(32(5)31)24-10-14-6-8-15(9-7-14)28-13-23-12-25-28/h6-9,12-13,22,24H,10-11H2,1-5H3/b18-16-,22-17?. The van der Waals surface area contributed by atoms with Gasteiger partial charge in [0.15, 0.2) is 5.57 Å². The third-order valence-corrected chi connectivity index (χ3v) is 5.69. The van der Waals surface area contributed by atoms with E-state index in [2.05, 4.69) is 15.4 Å². The van der Waals surface area contributed by atoms with Crippen LogP contribution in [0.15, 0.2) is 47.5 Å². The van der Waals surface area contributed by atoms with Gasteiger partial charge in [-0.05, 0) is 23.1 Å². The number of likely N-dealkylation sites (N-methyl/N-ethyl adjacent to an activating group) is 1. The molecule has 1 aromatic heterocycles. The monoisotopic (exact) mass is 457 g/mol. The van der Waals surface area contributed by atoms with Crippen LogP contribution in [0, 0.1) is 10.8 Å². The zero-order valence-corrected chi connectivity index (χ0v) is 19.6. The Kier molecular flexibility index (Phi) is 6.70. The molecule has 0 aliphatic carbocycles. The Morgan fingerprint density at radius 2 is 1.88 bits per heavy atom. The number of carbonyl (C=O) groups is 2. The van der Waals surface area contributed by atoms with Crippen molar-refractivity contribution in [2.75, 3.05) is 19.8 Å². The molecule has 11 heteroatoms. The Balaban J connectivity index is 1.87. The van der Waals surface area contributed by atoms with E-state index in [1.165, 1.54) is 24.5 Å². The van der Waals surface area contributed by atoms with Crippen LogP contribution in [0.25, 0.3) is 5.69 Å². The number of amides is 3. The predicted molar refractivity (Wildman–Crippen MR) is 121 cm³/mol. The van der Waals surface area contributed by atoms with E-state index in [-0.39, 0.29) is 34.9 Å². The molecule has 32 heavy (non-hydrogen) atoms. The van der Waals surface area contributed by atoms with Crippen molar-refractivity contribution in [3.63, 3.8) is 0 Å². The summed E-state index contributed by atoms with van der Waals surface area (Å²) < 4.78 is 14.2. The number of hydrogen-bond donors (Lipinski definition) is 2. The van der Waals surface area contributed by atoms with Crippen molar-refractivity contribution in [2.24, 2.45) is 5.41 Å². The number of nitrogens with one attached hydrogen (secondary N) is 2. The smallest absolute Gasteiger partial charge is 0.332 e. The fourth-order valence-electron chi connectivity index (χ4n) is 3.22. The van der Waals surface area contributed by atoms with Crippen molar-refractivity contribution in [1.29, 1.82) is 5.41 Å². The maximum absolute atomic E-state index is 12.9. The van der Waals surface area contributed by atoms with E-state index in [9.17, 15) is 14.1 Å². The van der Waals surface area contributed by atoms with Crippen LogP contribution in [0.2, 0.25) is 0 Å². The summed E-state index contributed by atoms with van der Waals surface area (Å²) in [6, 6.07) is 6.92. The first kappa shape index (κ1) is 23.5. The van der Waals surface area contributed by atoms with Crippen LogP contribution in [-0.2, 0) is 22.5 Å². The minimum Gasteiger partial charge on any atom is -0.610 e. The lowest BCUT2D eigenvalue weighted by molar-refractivity contribution is -0.123. The highest BCUT2D eigenvalue weighted by molar-refractivity contribution is 7.94. The molecule has 2 N–H and O–H groups in total. The number of hydrogen-bond acceptors (Lipinski definition) is 7. The number of urea groups is 1. The number of amidine groups is 1. The highest BCUT2D eigenvalue weighted by atomic mass is 32.2. The van der Waals surface area contributed by atoms with Crippen LogP contribution in [-0.4, -0.2) is 66.7 Å². The molecule has 3 rings (SSSR count). The van der Waals surface area contributed by atoms with Crippen LogP contribution in [0.4, 0.5) is 4.79 Å². The summed E-state index contributed by atoms with van der Waals surface area (Å²) in [6.45, 7) is 6.35. The van der Waals surface area contributed by atoms with Gasteiger partial charge in [0, 0.05) is 31.3 Å². The first-order valence-electron chi connectivity index (χ1n) is 9.93. The number of rotatable bonds is 6. The average Bonchev–Trinajstić information content (AvgIpc) is 3.26. The second-order valence-corrected chi connectivity index (χ2v) is 9.98. The Bertz CT molecular complexity index is 1040. The van der Waals surface area contributed by atoms with E-state index in [0.29, 0.717) is 0 Å². The molecule has 0 saturated carbocycles. The van der Waals surface area contributed by atoms with E-state index < -0.39 is 23.1 Å². The summed E-state index contributed by atoms with van der Waals surface area (Å²) >= 11 is -1.59. The molecule has 0 spiro atoms. The van der Waals surface area contributed by atoms with E-state index in [0.717, 1.165) is 16.2 Å². The van der Waals surface area contributed by atoms with Crippen molar-refractivity contribution in [2.45, 2.75) is 27.3 Å². The molecule has 1 aliphatic heterocycles. The number of aromatic nitrogens is 3. The maximum Gasteiger partial charge on any atom is 0.332 e. The van der Waals surface area contributed by atoms with Gasteiger partial charge in [-0.15, -0.1) is 0 Å². The molecule has 0 radical (unpaired) electrons. The summed E-state index contributed by atoms with van der Waals surface area (Å²) in [7, 11) is 1.37. The number of imide groups is 1. The third kappa shape index (κ3) is 5.00. The maximum atomic E-state index is 12.9. The van der Waals surface area contributed by atoms with E-state index in [4.69, 9.17) is 5.41 Å². The lowest BCUT2D eigenvalue weighted by Crippen LogP contribution is -2.57. The zero-order chi connectivity index (χ0) is 23.6. The Hall–Kier alpha value is -3.18. The molecule has 3 amide bonds. The number of carbonyl (C=O) groups excluding carboxylic acids is 2. The highest BCUT2D eigenvalue weighted by Gasteiger charge is 2.43. The lowest BCUT2D eigenvalue weighted by Gasteiger charge is -2.37. The first-order valence-corrected chi connectivity index (χ1v) is 11.5. The third-order valence-electron chi connectivity index (χ3n) is 4.76. The molecular formula is C21H27N7O3S. The highest BCUT2D eigenvalue weighted by Crippen LogP contribution is 2.25. The van der Waals surface area contributed by atoms with E-state index >= 15 is 0 Å². The molecule has 0 bridgehead atoms. The van der Waals surface area contributed by atoms with Crippen molar-refractivity contribution >= 4 is 28.9 Å². The molecule has 1 fully saturated rings. The minimum atomic E-state index is -1.59. The molecule has 1 saturated heterocycles. The van der Waals surface area contributed by atoms with E-state index in [1.54, 1.807) is 11.0 Å². The summed E-state index contributed by atoms with van der Waals surface area (Å²) in [6.07, 6.45) is 4.48. The normalized spacial score (nSPS) is 17.6. The topological polar surface area (TPSA) is 130 Å². The average molecular weight is 458 g/mol. The second-order valence-electron chi connectivity index (χ2n) is 8.66. The van der Waals surface area contributed by atoms with Crippen LogP contribution in [0.1, 0.15) is 26.3 Å². The van der Waals surface area contributed by atoms with Gasteiger partial charge in [0.05, 0.1) is 5.69 Å². The van der Waals surface area contributed by atoms with Gasteiger partial charge in [0.2, 0.25) is 5.03 Å². The Morgan fingerprint density at radius 3 is 2.41 bits per heavy atom. The van der Waals surface area contributed by atoms with Crippen molar-refractivity contribution in [3.8, 4) is 5.69 Å². The van der Waals surface area contributed by atoms with Crippen molar-refractivity contribution < 1.29 is 14.1 Å². The molecule has 10 nitrogen and oxygen atoms in total. The van der Waals surface area contributed by atoms with Crippen LogP contribution >= 0.6 is 0 Å². The summed E-state index contributed by atoms with van der Waals surface area (Å²) in [5, 5.41) is 15.8. The second kappa shape index (κ2) is 9.13. The molecule has 1 atom stereocenters. The minimum absolute atomic E-state index is 0.0589. The van der Waals surface area contributed by atoms with Crippen molar-refractivity contribution in [1.82, 2.24) is 29.9 Å². The molecule has 1 aromatic carbocycles. The number of benzene rings is 1. The summed E-state index contributed by atoms with van der Waals surface area (Å²) in [5.41, 5.74) is 1.37. The van der Waals surface area contributed by atoms with Gasteiger partial charge in [0.25, 0.3) is 5.91 Å². The Labute approximate surface area is 190 Å². The molecule has 2 heterocycles.